The number of nitrogens with zero attached hydrogens (tertiary/aromatic N) is 2. The van der Waals surface area contributed by atoms with Crippen LogP contribution in [0.25, 0.3) is 0 Å². The zero-order valence-corrected chi connectivity index (χ0v) is 8.12. The molecular formula is C9H16N4. The van der Waals surface area contributed by atoms with Gasteiger partial charge in [-0.05, 0) is 13.3 Å². The molecule has 0 fully saturated rings. The number of hydrazine groups is 1. The van der Waals surface area contributed by atoms with Crippen LogP contribution in [0.2, 0.25) is 0 Å². The highest BCUT2D eigenvalue weighted by Gasteiger charge is 2.11. The number of imidazole rings is 1. The smallest absolute Gasteiger partial charge is 0.0947 e. The third-order valence-corrected chi connectivity index (χ3v) is 1.84. The Labute approximate surface area is 78.4 Å². The van der Waals surface area contributed by atoms with Crippen molar-refractivity contribution in [2.75, 3.05) is 0 Å². The first kappa shape index (κ1) is 9.95. The van der Waals surface area contributed by atoms with E-state index >= 15 is 0 Å². The van der Waals surface area contributed by atoms with E-state index in [2.05, 4.69) is 17.0 Å². The lowest BCUT2D eigenvalue weighted by molar-refractivity contribution is 0.538. The van der Waals surface area contributed by atoms with Gasteiger partial charge < -0.3 is 4.57 Å². The van der Waals surface area contributed by atoms with Crippen LogP contribution in [0.4, 0.5) is 0 Å². The number of nitrogens with one attached hydrogen (secondary N) is 1. The molecule has 0 aliphatic heterocycles. The average molecular weight is 180 g/mol. The van der Waals surface area contributed by atoms with E-state index in [1.165, 1.54) is 0 Å². The van der Waals surface area contributed by atoms with Crippen molar-refractivity contribution in [1.29, 1.82) is 0 Å². The number of aryl methyl sites for hydroxylation is 1. The third kappa shape index (κ3) is 2.68. The molecule has 3 N–H and O–H groups in total. The summed E-state index contributed by atoms with van der Waals surface area (Å²) in [7, 11) is 1.94. The number of hydrogen-bond donors (Lipinski definition) is 2. The van der Waals surface area contributed by atoms with Gasteiger partial charge in [-0.25, -0.2) is 4.98 Å². The minimum absolute atomic E-state index is 0.0682. The summed E-state index contributed by atoms with van der Waals surface area (Å²) in [6.07, 6.45) is 4.53. The maximum Gasteiger partial charge on any atom is 0.0947 e. The van der Waals surface area contributed by atoms with Crippen LogP contribution in [0.3, 0.4) is 0 Å². The van der Waals surface area contributed by atoms with Crippen LogP contribution >= 0.6 is 0 Å². The quantitative estimate of drug-likeness (QED) is 0.411. The van der Waals surface area contributed by atoms with Crippen LogP contribution in [0.5, 0.6) is 0 Å². The summed E-state index contributed by atoms with van der Waals surface area (Å²) in [5.41, 5.74) is 4.77. The van der Waals surface area contributed by atoms with E-state index in [1.54, 1.807) is 6.33 Å². The minimum atomic E-state index is 0.0682. The molecule has 0 aliphatic carbocycles. The van der Waals surface area contributed by atoms with Gasteiger partial charge in [0.15, 0.2) is 0 Å². The molecule has 1 heterocycles. The Morgan fingerprint density at radius 3 is 2.92 bits per heavy atom. The molecule has 1 aromatic rings. The molecule has 0 bridgehead atoms. The maximum absolute atomic E-state index is 5.42. The van der Waals surface area contributed by atoms with Crippen LogP contribution in [0.15, 0.2) is 24.7 Å². The Balaban J connectivity index is 2.72. The molecule has 1 rings (SSSR count). The lowest BCUT2D eigenvalue weighted by Crippen LogP contribution is -2.28. The Morgan fingerprint density at radius 1 is 1.85 bits per heavy atom. The Bertz CT molecular complexity index is 290. The monoisotopic (exact) mass is 180 g/mol. The molecule has 72 valence electrons. The number of nitrogens with two attached hydrogens (primary N) is 1. The third-order valence-electron chi connectivity index (χ3n) is 1.84. The number of aromatic nitrogens is 2. The van der Waals surface area contributed by atoms with Crippen molar-refractivity contribution in [3.8, 4) is 0 Å². The number of hydrogen-bond acceptors (Lipinski definition) is 3. The molecule has 0 aliphatic rings. The van der Waals surface area contributed by atoms with Gasteiger partial charge in [0.05, 0.1) is 18.1 Å². The Kier molecular flexibility index (Phi) is 3.22. The van der Waals surface area contributed by atoms with Gasteiger partial charge in [-0.1, -0.05) is 5.57 Å². The van der Waals surface area contributed by atoms with E-state index in [4.69, 9.17) is 5.84 Å². The van der Waals surface area contributed by atoms with Gasteiger partial charge >= 0.3 is 0 Å². The normalized spacial score (nSPS) is 12.8. The molecule has 0 spiro atoms. The van der Waals surface area contributed by atoms with Crippen molar-refractivity contribution < 1.29 is 0 Å². The van der Waals surface area contributed by atoms with Gasteiger partial charge in [-0.3, -0.25) is 11.3 Å². The van der Waals surface area contributed by atoms with E-state index in [0.717, 1.165) is 17.7 Å². The van der Waals surface area contributed by atoms with Crippen molar-refractivity contribution in [1.82, 2.24) is 15.0 Å². The summed E-state index contributed by atoms with van der Waals surface area (Å²) in [5, 5.41) is 0. The summed E-state index contributed by atoms with van der Waals surface area (Å²) in [6.45, 7) is 5.82. The van der Waals surface area contributed by atoms with Crippen molar-refractivity contribution in [2.45, 2.75) is 19.4 Å². The highest BCUT2D eigenvalue weighted by atomic mass is 15.2. The number of rotatable bonds is 4. The molecule has 4 nitrogen and oxygen atoms in total. The fraction of sp³-hybridized carbons (Fsp3) is 0.444. The lowest BCUT2D eigenvalue weighted by atomic mass is 10.1. The summed E-state index contributed by atoms with van der Waals surface area (Å²) >= 11 is 0. The summed E-state index contributed by atoms with van der Waals surface area (Å²) in [6, 6.07) is 0.0682. The van der Waals surface area contributed by atoms with Gasteiger partial charge in [0, 0.05) is 13.2 Å². The van der Waals surface area contributed by atoms with Crippen LogP contribution in [0.1, 0.15) is 25.1 Å². The van der Waals surface area contributed by atoms with Crippen LogP contribution < -0.4 is 11.3 Å². The van der Waals surface area contributed by atoms with E-state index in [-0.39, 0.29) is 6.04 Å². The van der Waals surface area contributed by atoms with E-state index < -0.39 is 0 Å². The molecule has 0 saturated heterocycles. The summed E-state index contributed by atoms with van der Waals surface area (Å²) in [5.74, 6) is 5.42. The average Bonchev–Trinajstić information content (AvgIpc) is 2.47. The van der Waals surface area contributed by atoms with Crippen molar-refractivity contribution in [3.05, 3.63) is 30.4 Å². The molecule has 0 aromatic carbocycles. The first-order valence-electron chi connectivity index (χ1n) is 4.22. The Hall–Kier alpha value is -1.13. The molecule has 4 heteroatoms. The van der Waals surface area contributed by atoms with Gasteiger partial charge in [0.25, 0.3) is 0 Å². The first-order valence-corrected chi connectivity index (χ1v) is 4.22. The summed E-state index contributed by atoms with van der Waals surface area (Å²) in [4.78, 5) is 4.22. The zero-order chi connectivity index (χ0) is 9.84. The first-order chi connectivity index (χ1) is 6.13. The molecule has 0 radical (unpaired) electrons. The van der Waals surface area contributed by atoms with Gasteiger partial charge in [-0.2, -0.15) is 0 Å². The second-order valence-electron chi connectivity index (χ2n) is 3.34. The fourth-order valence-electron chi connectivity index (χ4n) is 1.21. The van der Waals surface area contributed by atoms with E-state index in [1.807, 2.05) is 24.7 Å². The molecular weight excluding hydrogens is 164 g/mol. The van der Waals surface area contributed by atoms with E-state index in [0.29, 0.717) is 0 Å². The van der Waals surface area contributed by atoms with Crippen molar-refractivity contribution in [2.24, 2.45) is 12.9 Å². The van der Waals surface area contributed by atoms with Crippen LogP contribution in [-0.4, -0.2) is 9.55 Å². The largest absolute Gasteiger partial charge is 0.340 e. The standard InChI is InChI=1S/C9H16N4/c1-7(2)4-8(12-10)9-5-13(3)6-11-9/h5-6,8,12H,1,4,10H2,2-3H3. The predicted molar refractivity (Wildman–Crippen MR) is 52.7 cm³/mol. The van der Waals surface area contributed by atoms with Gasteiger partial charge in [-0.15, -0.1) is 6.58 Å². The van der Waals surface area contributed by atoms with E-state index in [9.17, 15) is 0 Å². The van der Waals surface area contributed by atoms with Crippen LogP contribution in [0, 0.1) is 0 Å². The lowest BCUT2D eigenvalue weighted by Gasteiger charge is -2.12. The second-order valence-corrected chi connectivity index (χ2v) is 3.34. The minimum Gasteiger partial charge on any atom is -0.340 e. The zero-order valence-electron chi connectivity index (χ0n) is 8.12. The molecule has 1 atom stereocenters. The fourth-order valence-corrected chi connectivity index (χ4v) is 1.21. The van der Waals surface area contributed by atoms with Crippen molar-refractivity contribution in [3.63, 3.8) is 0 Å². The van der Waals surface area contributed by atoms with Gasteiger partial charge in [0.1, 0.15) is 0 Å². The molecule has 0 saturated carbocycles. The molecule has 1 aromatic heterocycles. The molecule has 0 amide bonds. The van der Waals surface area contributed by atoms with Crippen LogP contribution in [-0.2, 0) is 7.05 Å². The maximum atomic E-state index is 5.42. The molecule has 1 unspecified atom stereocenters. The topological polar surface area (TPSA) is 55.9 Å². The highest BCUT2D eigenvalue weighted by Crippen LogP contribution is 2.16. The highest BCUT2D eigenvalue weighted by molar-refractivity contribution is 5.07. The Morgan fingerprint density at radius 2 is 2.54 bits per heavy atom. The summed E-state index contributed by atoms with van der Waals surface area (Å²) < 4.78 is 1.90. The SMILES string of the molecule is C=C(C)CC(NN)c1cn(C)cn1. The predicted octanol–water partition coefficient (Wildman–Crippen LogP) is 0.891. The second kappa shape index (κ2) is 4.20. The van der Waals surface area contributed by atoms with Crippen molar-refractivity contribution >= 4 is 0 Å². The molecule has 13 heavy (non-hydrogen) atoms. The van der Waals surface area contributed by atoms with Gasteiger partial charge in [0.2, 0.25) is 0 Å².